The number of Topliss-reactive ketones (excluding diaryl/α,β-unsaturated/α-hetero) is 1. The second-order valence-corrected chi connectivity index (χ2v) is 11.7. The maximum absolute atomic E-state index is 15.4. The molecule has 41 heavy (non-hydrogen) atoms. The van der Waals surface area contributed by atoms with E-state index in [9.17, 15) is 15.0 Å². The number of hydrogen-bond acceptors (Lipinski definition) is 8. The monoisotopic (exact) mass is 566 g/mol. The van der Waals surface area contributed by atoms with E-state index in [0.717, 1.165) is 25.7 Å². The van der Waals surface area contributed by atoms with Crippen LogP contribution in [0.4, 0.5) is 4.39 Å². The van der Waals surface area contributed by atoms with Gasteiger partial charge in [-0.3, -0.25) is 0 Å². The predicted octanol–water partition coefficient (Wildman–Crippen LogP) is 4.99. The first-order chi connectivity index (χ1) is 19.6. The van der Waals surface area contributed by atoms with Gasteiger partial charge >= 0.3 is 241 Å². The Balaban J connectivity index is 1.68. The second kappa shape index (κ2) is 11.4. The number of aliphatic hydroxyl groups excluding tert-OH is 1. The first-order valence-electron chi connectivity index (χ1n) is 14.7. The normalized spacial score (nSPS) is 25.9. The topological polar surface area (TPSA) is 105 Å². The number of halogens is 1. The Morgan fingerprint density at radius 2 is 1.88 bits per heavy atom. The number of rotatable bonds is 9. The number of aromatic nitrogens is 1. The Morgan fingerprint density at radius 3 is 2.51 bits per heavy atom. The molecule has 0 bridgehead atoms. The average molecular weight is 566 g/mol. The zero-order valence-corrected chi connectivity index (χ0v) is 24.8. The molecular weight excluding hydrogens is 526 g/mol. The van der Waals surface area contributed by atoms with Gasteiger partial charge in [-0.25, -0.2) is 0 Å². The van der Waals surface area contributed by atoms with Crippen molar-refractivity contribution in [2.75, 3.05) is 27.3 Å². The Hall–Kier alpha value is -2.98. The molecule has 3 aliphatic rings. The standard InChI is InChI=1S/C31H40BFN2O6/c1-7-9-11-39-26-16(3)13-20(33)18-14-17-15-19-24(35(5)6)27-23(30(34-41-27)40-12-10-8-2)28(32-4)31(19,38)29(37)21(17)25(36)22(18)26/h13,17,19,24,37-38H,7-12,14-15H2,1-6H3/t17-,19-,24-,31+/m0/s1. The quantitative estimate of drug-likeness (QED) is 0.323. The Morgan fingerprint density at radius 1 is 1.20 bits per heavy atom. The summed E-state index contributed by atoms with van der Waals surface area (Å²) < 4.78 is 33.2. The van der Waals surface area contributed by atoms with E-state index in [0.29, 0.717) is 53.3 Å². The Bertz CT molecular complexity index is 1420. The fourth-order valence-electron chi connectivity index (χ4n) is 6.93. The number of ketones is 1. The van der Waals surface area contributed by atoms with Crippen LogP contribution in [0.1, 0.15) is 84.8 Å². The molecule has 8 nitrogen and oxygen atoms in total. The fourth-order valence-corrected chi connectivity index (χ4v) is 6.93. The average Bonchev–Trinajstić information content (AvgIpc) is 3.33. The molecule has 0 unspecified atom stereocenters. The molecule has 1 heterocycles. The molecule has 5 rings (SSSR count). The van der Waals surface area contributed by atoms with Crippen molar-refractivity contribution in [1.82, 2.24) is 10.1 Å². The molecule has 220 valence electrons. The van der Waals surface area contributed by atoms with E-state index >= 15 is 4.39 Å². The van der Waals surface area contributed by atoms with Crippen LogP contribution in [0, 0.1) is 24.6 Å². The molecule has 2 aromatic rings. The zero-order valence-electron chi connectivity index (χ0n) is 24.8. The number of nitrogens with zero attached hydrogens (tertiary/aromatic N) is 2. The third-order valence-corrected chi connectivity index (χ3v) is 8.88. The summed E-state index contributed by atoms with van der Waals surface area (Å²) in [7, 11) is 3.74. The number of carbonyl (C=O) groups is 1. The van der Waals surface area contributed by atoms with Crippen molar-refractivity contribution >= 4 is 18.2 Å². The van der Waals surface area contributed by atoms with Crippen LogP contribution in [0.5, 0.6) is 11.6 Å². The van der Waals surface area contributed by atoms with Crippen LogP contribution < -0.4 is 9.47 Å². The summed E-state index contributed by atoms with van der Waals surface area (Å²) in [5.41, 5.74) is 0.0755. The summed E-state index contributed by atoms with van der Waals surface area (Å²) in [4.78, 5) is 16.1. The van der Waals surface area contributed by atoms with Crippen LogP contribution in [0.15, 0.2) is 21.9 Å². The number of allylic oxidation sites excluding steroid dienone is 1. The van der Waals surface area contributed by atoms with Crippen LogP contribution in [-0.2, 0) is 6.42 Å². The molecule has 0 amide bonds. The van der Waals surface area contributed by atoms with E-state index in [1.54, 1.807) is 20.7 Å². The number of unbranched alkanes of at least 4 members (excludes halogenated alkanes) is 2. The number of benzene rings is 1. The predicted molar refractivity (Wildman–Crippen MR) is 155 cm³/mol. The number of carbonyl (C=O) groups excluding carboxylic acids is 1. The molecular formula is C31H40BFN2O6. The number of fused-ring (bicyclic) bond motifs is 4. The van der Waals surface area contributed by atoms with Gasteiger partial charge in [0.1, 0.15) is 0 Å². The van der Waals surface area contributed by atoms with Crippen molar-refractivity contribution in [3.63, 3.8) is 0 Å². The van der Waals surface area contributed by atoms with Gasteiger partial charge in [0.15, 0.2) is 0 Å². The Kier molecular flexibility index (Phi) is 8.18. The van der Waals surface area contributed by atoms with Gasteiger partial charge in [0.2, 0.25) is 0 Å². The molecule has 0 aliphatic heterocycles. The van der Waals surface area contributed by atoms with E-state index in [-0.39, 0.29) is 23.4 Å². The van der Waals surface area contributed by atoms with Crippen molar-refractivity contribution in [3.8, 4) is 11.6 Å². The van der Waals surface area contributed by atoms with Crippen molar-refractivity contribution in [2.45, 2.75) is 77.8 Å². The summed E-state index contributed by atoms with van der Waals surface area (Å²) in [5, 5.41) is 28.8. The van der Waals surface area contributed by atoms with Crippen molar-refractivity contribution in [2.24, 2.45) is 11.8 Å². The number of aliphatic hydroxyl groups is 2. The fraction of sp³-hybridized carbons (Fsp3) is 0.581. The number of hydrogen-bond donors (Lipinski definition) is 2. The van der Waals surface area contributed by atoms with Gasteiger partial charge in [0.25, 0.3) is 0 Å². The zero-order chi connectivity index (χ0) is 29.6. The van der Waals surface area contributed by atoms with Crippen molar-refractivity contribution in [3.05, 3.63) is 51.2 Å². The van der Waals surface area contributed by atoms with Crippen LogP contribution in [0.3, 0.4) is 0 Å². The molecule has 0 fully saturated rings. The molecule has 0 radical (unpaired) electrons. The first-order valence-corrected chi connectivity index (χ1v) is 14.7. The van der Waals surface area contributed by atoms with Crippen LogP contribution in [0.25, 0.3) is 0 Å². The van der Waals surface area contributed by atoms with Gasteiger partial charge < -0.3 is 0 Å². The second-order valence-electron chi connectivity index (χ2n) is 11.7. The van der Waals surface area contributed by atoms with Crippen LogP contribution >= 0.6 is 0 Å². The number of ether oxygens (including phenoxy) is 2. The third kappa shape index (κ3) is 4.54. The maximum atomic E-state index is 15.4. The summed E-state index contributed by atoms with van der Waals surface area (Å²) in [6.07, 6.45) is 3.99. The Labute approximate surface area is 241 Å². The third-order valence-electron chi connectivity index (χ3n) is 8.88. The molecule has 0 saturated heterocycles. The van der Waals surface area contributed by atoms with Gasteiger partial charge in [-0.1, -0.05) is 0 Å². The summed E-state index contributed by atoms with van der Waals surface area (Å²) >= 11 is 0. The van der Waals surface area contributed by atoms with Gasteiger partial charge in [-0.15, -0.1) is 0 Å². The summed E-state index contributed by atoms with van der Waals surface area (Å²) in [6, 6.07) is 0.939. The number of aryl methyl sites for hydroxylation is 1. The van der Waals surface area contributed by atoms with Gasteiger partial charge in [0, 0.05) is 0 Å². The molecule has 1 aromatic carbocycles. The van der Waals surface area contributed by atoms with Gasteiger partial charge in [-0.2, -0.15) is 0 Å². The molecule has 0 spiro atoms. The molecule has 4 atom stereocenters. The van der Waals surface area contributed by atoms with Crippen molar-refractivity contribution < 1.29 is 33.4 Å². The van der Waals surface area contributed by atoms with E-state index in [4.69, 9.17) is 14.0 Å². The molecule has 1 aromatic heterocycles. The van der Waals surface area contributed by atoms with Gasteiger partial charge in [0.05, 0.1) is 0 Å². The van der Waals surface area contributed by atoms with E-state index < -0.39 is 40.8 Å². The summed E-state index contributed by atoms with van der Waals surface area (Å²) in [5.74, 6) is -1.30. The first kappa shape index (κ1) is 29.5. The van der Waals surface area contributed by atoms with Crippen LogP contribution in [-0.4, -0.2) is 71.3 Å². The van der Waals surface area contributed by atoms with E-state index in [1.807, 2.05) is 25.9 Å². The van der Waals surface area contributed by atoms with E-state index in [2.05, 4.69) is 12.1 Å². The van der Waals surface area contributed by atoms with Crippen molar-refractivity contribution in [1.29, 1.82) is 0 Å². The molecule has 0 saturated carbocycles. The minimum atomic E-state index is -1.91. The molecule has 10 heteroatoms. The van der Waals surface area contributed by atoms with Gasteiger partial charge in [-0.05, 0) is 0 Å². The SMILES string of the molecule is C/B=C1\c2c(OCCCC)noc2[C@@H](N(C)C)[C@@H]2C[C@@H]3Cc4c(F)cc(C)c(OCCCC)c4C(=O)C3=C(O)[C@]12O. The van der Waals surface area contributed by atoms with Crippen LogP contribution in [0.2, 0.25) is 6.82 Å². The molecule has 3 aliphatic carbocycles. The van der Waals surface area contributed by atoms with E-state index in [1.165, 1.54) is 6.07 Å². The molecule has 2 N–H and O–H groups in total. The minimum absolute atomic E-state index is 0.117. The summed E-state index contributed by atoms with van der Waals surface area (Å²) in [6.45, 7) is 10.1.